The van der Waals surface area contributed by atoms with Gasteiger partial charge in [-0.25, -0.2) is 0 Å². The number of carbonyl (C=O) groups is 1. The van der Waals surface area contributed by atoms with E-state index < -0.39 is 53.3 Å². The van der Waals surface area contributed by atoms with Crippen molar-refractivity contribution in [1.29, 1.82) is 0 Å². The number of nitrogens with zero attached hydrogens (tertiary/aromatic N) is 5. The summed E-state index contributed by atoms with van der Waals surface area (Å²) in [6.07, 6.45) is 0.706. The zero-order chi connectivity index (χ0) is 54.9. The number of aryl methyl sites for hydroxylation is 2. The van der Waals surface area contributed by atoms with Gasteiger partial charge in [-0.05, 0) is 121 Å². The van der Waals surface area contributed by atoms with Crippen LogP contribution in [0.3, 0.4) is 0 Å². The van der Waals surface area contributed by atoms with E-state index in [4.69, 9.17) is 32.7 Å². The summed E-state index contributed by atoms with van der Waals surface area (Å²) < 4.78 is 76.5. The number of ether oxygens (including phenoxy) is 2. The van der Waals surface area contributed by atoms with Crippen LogP contribution in [0.15, 0.2) is 169 Å². The first-order chi connectivity index (χ1) is 36.3. The van der Waals surface area contributed by atoms with Gasteiger partial charge in [0.05, 0.1) is 51.6 Å². The van der Waals surface area contributed by atoms with Crippen LogP contribution in [0.5, 0.6) is 23.0 Å². The van der Waals surface area contributed by atoms with Crippen molar-refractivity contribution in [3.63, 3.8) is 0 Å². The van der Waals surface area contributed by atoms with Gasteiger partial charge < -0.3 is 30.1 Å². The SMILES string of the molecule is CCOc1ccccc1N=C([O-])c1cc2ccccc2c(N=Nc2cc(Cl)c(S(=O)(=O)O)cc2CC)c1[O-].CCOc1ccccc1NC(=O)c1cc2ccccc2c(N=Nc2cc(Cl)c(S(=O)(=O)O)cc2CC)c1O.[Ca+2]. The molecule has 0 unspecified atom stereocenters. The molecule has 0 fully saturated rings. The summed E-state index contributed by atoms with van der Waals surface area (Å²) in [5, 5.41) is 59.0. The van der Waals surface area contributed by atoms with Crippen molar-refractivity contribution >= 4 is 149 Å². The maximum atomic E-state index is 13.4. The standard InChI is InChI=1S/2C27H24ClN3O6S.Ca/c2*1-3-16-14-24(38(34,35)36)20(28)15-22(16)30-31-25-18-10-6-5-9-17(18)13-19(26(25)32)27(33)29-21-11-7-8-12-23(21)37-4-2;/h2*5-15,32H,3-4H2,1-2H3,(H,29,33)(H,34,35,36);/q;;+2/p-2. The fraction of sp³-hybridized carbons (Fsp3) is 0.148. The van der Waals surface area contributed by atoms with Crippen molar-refractivity contribution in [3.05, 3.63) is 166 Å². The molecule has 8 rings (SSSR count). The summed E-state index contributed by atoms with van der Waals surface area (Å²) in [5.74, 6) is -1.51. The Balaban J connectivity index is 0.000000246. The molecule has 392 valence electrons. The van der Waals surface area contributed by atoms with Crippen LogP contribution in [-0.4, -0.2) is 93.8 Å². The molecule has 8 aromatic rings. The number of phenols is 1. The number of para-hydroxylation sites is 4. The molecule has 0 saturated heterocycles. The number of phenolic OH excluding ortho intramolecular Hbond substituents is 1. The van der Waals surface area contributed by atoms with Crippen LogP contribution < -0.4 is 25.0 Å². The molecule has 0 aliphatic carbocycles. The third-order valence-corrected chi connectivity index (χ3v) is 14.0. The van der Waals surface area contributed by atoms with E-state index in [1.807, 2.05) is 13.8 Å². The van der Waals surface area contributed by atoms with Crippen molar-refractivity contribution in [3.8, 4) is 23.0 Å². The van der Waals surface area contributed by atoms with E-state index in [9.17, 15) is 46.1 Å². The molecule has 23 heteroatoms. The summed E-state index contributed by atoms with van der Waals surface area (Å²) in [5.41, 5.74) is 1.80. The first-order valence-electron chi connectivity index (χ1n) is 23.2. The van der Waals surface area contributed by atoms with Gasteiger partial charge in [-0.3, -0.25) is 18.9 Å². The van der Waals surface area contributed by atoms with Crippen LogP contribution in [0.2, 0.25) is 10.0 Å². The van der Waals surface area contributed by atoms with E-state index in [2.05, 4.69) is 30.8 Å². The number of benzene rings is 8. The predicted octanol–water partition coefficient (Wildman–Crippen LogP) is 12.3. The maximum absolute atomic E-state index is 13.4. The van der Waals surface area contributed by atoms with Gasteiger partial charge in [0.2, 0.25) is 0 Å². The van der Waals surface area contributed by atoms with Gasteiger partial charge in [0.15, 0.2) is 5.75 Å². The maximum Gasteiger partial charge on any atom is 2.00 e. The Kier molecular flexibility index (Phi) is 20.2. The largest absolute Gasteiger partial charge is 2.00 e. The van der Waals surface area contributed by atoms with Crippen molar-refractivity contribution in [2.24, 2.45) is 25.4 Å². The van der Waals surface area contributed by atoms with E-state index in [1.165, 1.54) is 30.3 Å². The van der Waals surface area contributed by atoms with E-state index in [0.717, 1.165) is 0 Å². The first kappa shape index (κ1) is 59.5. The van der Waals surface area contributed by atoms with Crippen LogP contribution >= 0.6 is 23.2 Å². The van der Waals surface area contributed by atoms with Gasteiger partial charge in [-0.2, -0.15) is 32.2 Å². The topological polar surface area (TPSA) is 284 Å². The second-order valence-corrected chi connectivity index (χ2v) is 19.8. The number of azo groups is 2. The van der Waals surface area contributed by atoms with Crippen molar-refractivity contribution in [1.82, 2.24) is 0 Å². The molecule has 0 aliphatic rings. The molecule has 0 heterocycles. The first-order valence-corrected chi connectivity index (χ1v) is 26.8. The monoisotopic (exact) mass is 1140 g/mol. The Morgan fingerprint density at radius 3 is 1.58 bits per heavy atom. The minimum absolute atomic E-state index is 0. The molecule has 0 aliphatic heterocycles. The third kappa shape index (κ3) is 14.1. The molecule has 0 spiro atoms. The van der Waals surface area contributed by atoms with Gasteiger partial charge >= 0.3 is 37.7 Å². The summed E-state index contributed by atoms with van der Waals surface area (Å²) in [6, 6.07) is 35.6. The number of amides is 1. The van der Waals surface area contributed by atoms with Gasteiger partial charge in [0.1, 0.15) is 32.7 Å². The summed E-state index contributed by atoms with van der Waals surface area (Å²) in [4.78, 5) is 16.5. The van der Waals surface area contributed by atoms with Crippen LogP contribution in [0.1, 0.15) is 54.7 Å². The molecule has 0 aromatic heterocycles. The molecule has 18 nitrogen and oxygen atoms in total. The van der Waals surface area contributed by atoms with E-state index in [-0.39, 0.29) is 87.3 Å². The minimum atomic E-state index is -4.54. The molecular weight excluding hydrogens is 1100 g/mol. The average Bonchev–Trinajstić information content (AvgIpc) is 3.39. The number of hydrogen-bond acceptors (Lipinski definition) is 15. The van der Waals surface area contributed by atoms with Crippen LogP contribution in [-0.2, 0) is 33.1 Å². The van der Waals surface area contributed by atoms with Crippen molar-refractivity contribution < 1.29 is 55.5 Å². The van der Waals surface area contributed by atoms with Gasteiger partial charge in [0, 0.05) is 10.8 Å². The number of fused-ring (bicyclic) bond motifs is 2. The summed E-state index contributed by atoms with van der Waals surface area (Å²) in [6.45, 7) is 7.96. The number of anilines is 1. The van der Waals surface area contributed by atoms with Gasteiger partial charge in [-0.15, -0.1) is 5.11 Å². The van der Waals surface area contributed by atoms with E-state index in [0.29, 0.717) is 75.9 Å². The average molecular weight is 1150 g/mol. The predicted molar refractivity (Wildman–Crippen MR) is 294 cm³/mol. The Hall–Kier alpha value is -6.72. The zero-order valence-corrected chi connectivity index (χ0v) is 46.9. The van der Waals surface area contributed by atoms with Crippen molar-refractivity contribution in [2.75, 3.05) is 18.5 Å². The Bertz CT molecular complexity index is 3860. The Labute approximate surface area is 483 Å². The molecule has 0 saturated carbocycles. The molecule has 0 radical (unpaired) electrons. The number of nitrogens with one attached hydrogen (secondary N) is 1. The number of carbonyl (C=O) groups excluding carboxylic acids is 1. The minimum Gasteiger partial charge on any atom is -0.871 e. The van der Waals surface area contributed by atoms with E-state index in [1.54, 1.807) is 117 Å². The molecule has 8 aromatic carbocycles. The number of aliphatic imine (C=N–C) groups is 1. The number of rotatable bonds is 16. The smallest absolute Gasteiger partial charge is 0.871 e. The fourth-order valence-electron chi connectivity index (χ4n) is 7.72. The van der Waals surface area contributed by atoms with E-state index >= 15 is 0 Å². The summed E-state index contributed by atoms with van der Waals surface area (Å²) >= 11 is 12.1. The number of hydrogen-bond donors (Lipinski definition) is 4. The quantitative estimate of drug-likeness (QED) is 0.0231. The summed E-state index contributed by atoms with van der Waals surface area (Å²) in [7, 11) is -9.08. The molecule has 77 heavy (non-hydrogen) atoms. The molecule has 0 bridgehead atoms. The van der Waals surface area contributed by atoms with Crippen LogP contribution in [0.4, 0.5) is 34.1 Å². The Morgan fingerprint density at radius 1 is 0.597 bits per heavy atom. The second kappa shape index (κ2) is 26.1. The Morgan fingerprint density at radius 2 is 1.05 bits per heavy atom. The third-order valence-electron chi connectivity index (χ3n) is 11.4. The van der Waals surface area contributed by atoms with Crippen molar-refractivity contribution in [2.45, 2.75) is 50.3 Å². The normalized spacial score (nSPS) is 11.9. The molecular formula is C54H46CaCl2N6O12S2. The second-order valence-electron chi connectivity index (χ2n) is 16.2. The number of aromatic hydroxyl groups is 1. The van der Waals surface area contributed by atoms with Crippen LogP contribution in [0, 0.1) is 0 Å². The van der Waals surface area contributed by atoms with Gasteiger partial charge in [-0.1, -0.05) is 116 Å². The fourth-order valence-corrected chi connectivity index (χ4v) is 9.82. The molecule has 4 N–H and O–H groups in total. The van der Waals surface area contributed by atoms with Gasteiger partial charge in [0.25, 0.3) is 26.1 Å². The number of halogens is 2. The molecule has 1 amide bonds. The van der Waals surface area contributed by atoms with Crippen LogP contribution in [0.25, 0.3) is 21.5 Å². The molecule has 0 atom stereocenters. The zero-order valence-electron chi connectivity index (χ0n) is 41.6.